The van der Waals surface area contributed by atoms with Crippen molar-refractivity contribution in [2.75, 3.05) is 20.1 Å². The first-order valence-corrected chi connectivity index (χ1v) is 15.5. The Morgan fingerprint density at radius 3 is 2.09 bits per heavy atom. The van der Waals surface area contributed by atoms with Gasteiger partial charge in [-0.25, -0.2) is 4.39 Å². The summed E-state index contributed by atoms with van der Waals surface area (Å²) >= 11 is 0. The highest BCUT2D eigenvalue weighted by Gasteiger charge is 2.46. The quantitative estimate of drug-likeness (QED) is 0.329. The molecule has 0 bridgehead atoms. The van der Waals surface area contributed by atoms with Gasteiger partial charge in [-0.3, -0.25) is 19.2 Å². The average molecular weight is 650 g/mol. The van der Waals surface area contributed by atoms with Gasteiger partial charge in [0.05, 0.1) is 18.5 Å². The third-order valence-electron chi connectivity index (χ3n) is 8.81. The van der Waals surface area contributed by atoms with Gasteiger partial charge >= 0.3 is 0 Å². The van der Waals surface area contributed by atoms with Crippen LogP contribution in [0.25, 0.3) is 0 Å². The van der Waals surface area contributed by atoms with Crippen LogP contribution in [0.2, 0.25) is 0 Å². The predicted molar refractivity (Wildman–Crippen MR) is 176 cm³/mol. The average Bonchev–Trinajstić information content (AvgIpc) is 3.48. The second kappa shape index (κ2) is 15.8. The molecule has 2 saturated heterocycles. The summed E-state index contributed by atoms with van der Waals surface area (Å²) in [4.78, 5) is 57.9. The van der Waals surface area contributed by atoms with Gasteiger partial charge in [-0.15, -0.1) is 12.4 Å². The van der Waals surface area contributed by atoms with Crippen molar-refractivity contribution in [3.8, 4) is 0 Å². The van der Waals surface area contributed by atoms with Gasteiger partial charge in [0.1, 0.15) is 17.9 Å². The topological polar surface area (TPSA) is 111 Å². The van der Waals surface area contributed by atoms with Gasteiger partial charge in [-0.05, 0) is 62.1 Å². The molecule has 3 N–H and O–H groups in total. The summed E-state index contributed by atoms with van der Waals surface area (Å²) in [6.45, 7) is 2.01. The van der Waals surface area contributed by atoms with Gasteiger partial charge in [-0.2, -0.15) is 0 Å². The van der Waals surface area contributed by atoms with Crippen LogP contribution in [0.4, 0.5) is 4.39 Å². The van der Waals surface area contributed by atoms with E-state index in [4.69, 9.17) is 0 Å². The van der Waals surface area contributed by atoms with Crippen molar-refractivity contribution in [3.63, 3.8) is 0 Å². The molecule has 4 atom stereocenters. The molecule has 2 aliphatic rings. The molecule has 0 spiro atoms. The first-order chi connectivity index (χ1) is 21.7. The van der Waals surface area contributed by atoms with E-state index < -0.39 is 24.2 Å². The zero-order valence-electron chi connectivity index (χ0n) is 26.0. The molecule has 0 aromatic heterocycles. The summed E-state index contributed by atoms with van der Waals surface area (Å²) in [5.41, 5.74) is 2.50. The second-order valence-electron chi connectivity index (χ2n) is 11.8. The molecule has 2 fully saturated rings. The number of fused-ring (bicyclic) bond motifs is 1. The largest absolute Gasteiger partial charge is 0.343 e. The number of carbonyl (C=O) groups excluding carboxylic acids is 4. The Hall–Kier alpha value is -4.28. The lowest BCUT2D eigenvalue weighted by atomic mass is 9.98. The van der Waals surface area contributed by atoms with Crippen LogP contribution in [0.1, 0.15) is 48.9 Å². The first-order valence-electron chi connectivity index (χ1n) is 15.5. The van der Waals surface area contributed by atoms with E-state index in [1.807, 2.05) is 60.7 Å². The number of likely N-dealkylation sites (N-methyl/N-ethyl adjacent to an activating group) is 1. The minimum atomic E-state index is -1.04. The maximum atomic E-state index is 14.3. The van der Waals surface area contributed by atoms with Crippen molar-refractivity contribution in [3.05, 3.63) is 107 Å². The Balaban J connectivity index is 0.00000480. The minimum absolute atomic E-state index is 0. The molecule has 9 nitrogen and oxygen atoms in total. The lowest BCUT2D eigenvalue weighted by Gasteiger charge is -2.39. The Kier molecular flexibility index (Phi) is 11.9. The molecule has 0 unspecified atom stereocenters. The van der Waals surface area contributed by atoms with Crippen molar-refractivity contribution < 1.29 is 23.6 Å². The van der Waals surface area contributed by atoms with E-state index in [2.05, 4.69) is 16.0 Å². The maximum absolute atomic E-state index is 14.3. The van der Waals surface area contributed by atoms with Crippen LogP contribution in [-0.4, -0.2) is 77.7 Å². The molecule has 4 amide bonds. The number of nitrogens with zero attached hydrogens (tertiary/aromatic N) is 2. The lowest BCUT2D eigenvalue weighted by Crippen LogP contribution is -2.62. The van der Waals surface area contributed by atoms with Crippen LogP contribution in [-0.2, 0) is 25.6 Å². The summed E-state index contributed by atoms with van der Waals surface area (Å²) in [5, 5.41) is 8.92. The van der Waals surface area contributed by atoms with Gasteiger partial charge in [0.25, 0.3) is 0 Å². The third kappa shape index (κ3) is 8.10. The molecular weight excluding hydrogens is 609 g/mol. The second-order valence-corrected chi connectivity index (χ2v) is 11.8. The van der Waals surface area contributed by atoms with Crippen LogP contribution in [0, 0.1) is 5.82 Å². The molecule has 2 aliphatic heterocycles. The first kappa shape index (κ1) is 34.6. The summed E-state index contributed by atoms with van der Waals surface area (Å²) < 4.78 is 13.4. The van der Waals surface area contributed by atoms with E-state index in [1.54, 1.807) is 35.9 Å². The summed E-state index contributed by atoms with van der Waals surface area (Å²) in [7, 11) is 1.65. The highest BCUT2D eigenvalue weighted by atomic mass is 35.5. The van der Waals surface area contributed by atoms with Crippen LogP contribution >= 0.6 is 12.4 Å². The zero-order valence-corrected chi connectivity index (χ0v) is 26.8. The molecule has 3 aromatic carbocycles. The van der Waals surface area contributed by atoms with Crippen molar-refractivity contribution in [1.29, 1.82) is 0 Å². The molecule has 5 rings (SSSR count). The summed E-state index contributed by atoms with van der Waals surface area (Å²) in [5.74, 6) is -1.63. The van der Waals surface area contributed by atoms with Gasteiger partial charge in [0.15, 0.2) is 0 Å². The number of hydrogen-bond acceptors (Lipinski definition) is 5. The van der Waals surface area contributed by atoms with Crippen LogP contribution in [0.5, 0.6) is 0 Å². The molecule has 0 saturated carbocycles. The molecule has 244 valence electrons. The molecule has 3 aromatic rings. The number of benzene rings is 3. The number of amides is 4. The molecular formula is C35H41ClFN5O4. The highest BCUT2D eigenvalue weighted by molar-refractivity contribution is 5.94. The van der Waals surface area contributed by atoms with Crippen molar-refractivity contribution >= 4 is 36.0 Å². The number of rotatable bonds is 9. The van der Waals surface area contributed by atoms with Crippen molar-refractivity contribution in [1.82, 2.24) is 25.8 Å². The van der Waals surface area contributed by atoms with E-state index in [-0.39, 0.29) is 60.9 Å². The third-order valence-corrected chi connectivity index (χ3v) is 8.81. The van der Waals surface area contributed by atoms with Gasteiger partial charge in [-0.1, -0.05) is 72.8 Å². The maximum Gasteiger partial charge on any atom is 0.247 e. The summed E-state index contributed by atoms with van der Waals surface area (Å²) in [6, 6.07) is 22.1. The number of hydrogen-bond donors (Lipinski definition) is 3. The molecule has 46 heavy (non-hydrogen) atoms. The van der Waals surface area contributed by atoms with Crippen LogP contribution < -0.4 is 16.0 Å². The van der Waals surface area contributed by atoms with Gasteiger partial charge < -0.3 is 25.8 Å². The number of halogens is 2. The Bertz CT molecular complexity index is 1450. The zero-order chi connectivity index (χ0) is 31.9. The van der Waals surface area contributed by atoms with Crippen molar-refractivity contribution in [2.24, 2.45) is 0 Å². The fourth-order valence-electron chi connectivity index (χ4n) is 6.17. The minimum Gasteiger partial charge on any atom is -0.343 e. The molecule has 11 heteroatoms. The van der Waals surface area contributed by atoms with E-state index in [1.165, 1.54) is 12.1 Å². The molecule has 0 aliphatic carbocycles. The number of carbonyl (C=O) groups is 4. The van der Waals surface area contributed by atoms with Crippen LogP contribution in [0.15, 0.2) is 84.9 Å². The van der Waals surface area contributed by atoms with E-state index in [0.717, 1.165) is 11.1 Å². The van der Waals surface area contributed by atoms with Gasteiger partial charge in [0.2, 0.25) is 23.6 Å². The van der Waals surface area contributed by atoms with Crippen LogP contribution in [0.3, 0.4) is 0 Å². The Labute approximate surface area is 275 Å². The highest BCUT2D eigenvalue weighted by Crippen LogP contribution is 2.31. The fourth-order valence-corrected chi connectivity index (χ4v) is 6.17. The monoisotopic (exact) mass is 649 g/mol. The smallest absolute Gasteiger partial charge is 0.247 e. The Morgan fingerprint density at radius 1 is 0.891 bits per heavy atom. The molecule has 0 radical (unpaired) electrons. The molecule has 2 heterocycles. The predicted octanol–water partition coefficient (Wildman–Crippen LogP) is 3.38. The summed E-state index contributed by atoms with van der Waals surface area (Å²) in [6.07, 6.45) is 1.61. The number of nitrogens with one attached hydrogen (secondary N) is 3. The SMILES string of the molecule is CN[C@@H](C)C(=O)N[C@H]1CN(C(=O)Cc2ccc(F)cc2)CC[C@H]2CC[C@@H](C(=O)NC(c3ccccc3)c3ccccc3)N2C1=O.Cl. The van der Waals surface area contributed by atoms with E-state index in [0.29, 0.717) is 31.4 Å². The van der Waals surface area contributed by atoms with E-state index >= 15 is 0 Å². The standard InChI is InChI=1S/C35H40FN5O4.ClH/c1-23(37-2)33(43)38-29-22-40(31(42)21-24-13-15-27(36)16-14-24)20-19-28-17-18-30(41(28)35(29)45)34(44)39-32(25-9-5-3-6-10-25)26-11-7-4-8-12-26;/h3-16,23,28-30,32,37H,17-22H2,1-2H3,(H,38,43)(H,39,44);1H/t23-,28+,29-,30-;/m0./s1. The van der Waals surface area contributed by atoms with E-state index in [9.17, 15) is 23.6 Å². The van der Waals surface area contributed by atoms with Crippen molar-refractivity contribution in [2.45, 2.75) is 62.8 Å². The lowest BCUT2D eigenvalue weighted by molar-refractivity contribution is -0.147. The van der Waals surface area contributed by atoms with Gasteiger partial charge in [0, 0.05) is 19.1 Å². The normalized spacial score (nSPS) is 20.2. The fraction of sp³-hybridized carbons (Fsp3) is 0.371. The Morgan fingerprint density at radius 2 is 1.50 bits per heavy atom.